The van der Waals surface area contributed by atoms with Gasteiger partial charge < -0.3 is 9.31 Å². The Morgan fingerprint density at radius 1 is 0.396 bits per heavy atom. The van der Waals surface area contributed by atoms with Gasteiger partial charge in [-0.05, 0) is 95.2 Å². The molecule has 0 N–H and O–H groups in total. The first-order valence-corrected chi connectivity index (χ1v) is 18.1. The van der Waals surface area contributed by atoms with E-state index in [2.05, 4.69) is 125 Å². The fourth-order valence-corrected chi connectivity index (χ4v) is 7.16. The molecule has 1 aliphatic rings. The minimum Gasteiger partial charge on any atom is -0.399 e. The number of hydrogen-bond donors (Lipinski definition) is 0. The quantitative estimate of drug-likeness (QED) is 0.129. The lowest BCUT2D eigenvalue weighted by Gasteiger charge is -2.32. The Morgan fingerprint density at radius 3 is 1.51 bits per heavy atom. The lowest BCUT2D eigenvalue weighted by Crippen LogP contribution is -2.41. The Bertz CT molecular complexity index is 2570. The summed E-state index contributed by atoms with van der Waals surface area (Å²) in [5, 5.41) is 4.94. The molecule has 53 heavy (non-hydrogen) atoms. The molecule has 2 heterocycles. The van der Waals surface area contributed by atoms with Crippen molar-refractivity contribution in [2.24, 2.45) is 0 Å². The van der Waals surface area contributed by atoms with Crippen molar-refractivity contribution in [3.8, 4) is 56.4 Å². The molecule has 0 atom stereocenters. The third kappa shape index (κ3) is 6.10. The van der Waals surface area contributed by atoms with Crippen LogP contribution in [0, 0.1) is 0 Å². The largest absolute Gasteiger partial charge is 0.494 e. The molecule has 9 rings (SSSR count). The predicted molar refractivity (Wildman–Crippen MR) is 218 cm³/mol. The average Bonchev–Trinajstić information content (AvgIpc) is 3.43. The topological polar surface area (TPSA) is 57.1 Å². The van der Waals surface area contributed by atoms with E-state index >= 15 is 0 Å². The second-order valence-electron chi connectivity index (χ2n) is 14.7. The van der Waals surface area contributed by atoms with Crippen molar-refractivity contribution in [3.63, 3.8) is 0 Å². The highest BCUT2D eigenvalue weighted by molar-refractivity contribution is 6.62. The highest BCUT2D eigenvalue weighted by Crippen LogP contribution is 2.39. The van der Waals surface area contributed by atoms with Crippen molar-refractivity contribution in [2.75, 3.05) is 0 Å². The zero-order chi connectivity index (χ0) is 36.2. The van der Waals surface area contributed by atoms with Crippen molar-refractivity contribution < 1.29 is 9.31 Å². The van der Waals surface area contributed by atoms with E-state index in [9.17, 15) is 0 Å². The van der Waals surface area contributed by atoms with Gasteiger partial charge in [0, 0.05) is 16.7 Å². The lowest BCUT2D eigenvalue weighted by atomic mass is 9.76. The monoisotopic (exact) mass is 687 g/mol. The number of aromatic nitrogens is 3. The van der Waals surface area contributed by atoms with Crippen LogP contribution in [0.2, 0.25) is 0 Å². The number of rotatable bonds is 6. The van der Waals surface area contributed by atoms with E-state index in [1.165, 1.54) is 27.1 Å². The molecule has 6 heteroatoms. The number of fused-ring (bicyclic) bond motifs is 3. The maximum absolute atomic E-state index is 6.62. The summed E-state index contributed by atoms with van der Waals surface area (Å²) in [5.41, 5.74) is 7.02. The van der Waals surface area contributed by atoms with Gasteiger partial charge in [-0.1, -0.05) is 140 Å². The average molecular weight is 688 g/mol. The summed E-state index contributed by atoms with van der Waals surface area (Å²) in [6, 6.07) is 55.0. The lowest BCUT2D eigenvalue weighted by molar-refractivity contribution is 0.00578. The van der Waals surface area contributed by atoms with E-state index in [4.69, 9.17) is 24.3 Å². The molecule has 0 unspecified atom stereocenters. The standard InChI is InChI=1S/C47H38BN3O2/c1-46(2)47(3,4)53-48(52-46)38-28-36(33-21-15-22-34(26-33)42-30-35-20-11-12-23-39(35)40-24-13-14-25-41(40)42)27-37(29-38)45-50-43(31-16-7-5-8-17-31)49-44(51-45)32-18-9-6-10-19-32/h5-30H,1-4H3. The van der Waals surface area contributed by atoms with E-state index in [1.54, 1.807) is 0 Å². The molecule has 1 fully saturated rings. The third-order valence-corrected chi connectivity index (χ3v) is 10.7. The highest BCUT2D eigenvalue weighted by Gasteiger charge is 2.51. The van der Waals surface area contributed by atoms with Crippen LogP contribution in [0.15, 0.2) is 158 Å². The van der Waals surface area contributed by atoms with Gasteiger partial charge in [0.1, 0.15) is 0 Å². The summed E-state index contributed by atoms with van der Waals surface area (Å²) in [4.78, 5) is 15.1. The van der Waals surface area contributed by atoms with Gasteiger partial charge in [0.15, 0.2) is 17.5 Å². The second-order valence-corrected chi connectivity index (χ2v) is 14.7. The van der Waals surface area contributed by atoms with Gasteiger partial charge in [0.25, 0.3) is 0 Å². The maximum atomic E-state index is 6.62. The molecular formula is C47H38BN3O2. The Balaban J connectivity index is 1.23. The van der Waals surface area contributed by atoms with E-state index in [0.29, 0.717) is 17.5 Å². The van der Waals surface area contributed by atoms with E-state index in [-0.39, 0.29) is 0 Å². The van der Waals surface area contributed by atoms with Crippen LogP contribution in [0.1, 0.15) is 27.7 Å². The summed E-state index contributed by atoms with van der Waals surface area (Å²) in [7, 11) is -0.574. The van der Waals surface area contributed by atoms with Gasteiger partial charge >= 0.3 is 7.12 Å². The zero-order valence-corrected chi connectivity index (χ0v) is 30.2. The Labute approximate surface area is 310 Å². The molecular weight excluding hydrogens is 649 g/mol. The number of benzene rings is 7. The van der Waals surface area contributed by atoms with Crippen LogP contribution in [0.3, 0.4) is 0 Å². The molecule has 1 saturated heterocycles. The van der Waals surface area contributed by atoms with Crippen LogP contribution < -0.4 is 5.46 Å². The normalized spacial score (nSPS) is 14.9. The number of nitrogens with zero attached hydrogens (tertiary/aromatic N) is 3. The van der Waals surface area contributed by atoms with Gasteiger partial charge in [-0.25, -0.2) is 15.0 Å². The van der Waals surface area contributed by atoms with Gasteiger partial charge in [0.2, 0.25) is 0 Å². The molecule has 256 valence electrons. The fourth-order valence-electron chi connectivity index (χ4n) is 7.16. The maximum Gasteiger partial charge on any atom is 0.494 e. The molecule has 0 saturated carbocycles. The van der Waals surface area contributed by atoms with Crippen LogP contribution in [-0.4, -0.2) is 33.3 Å². The Morgan fingerprint density at radius 2 is 0.868 bits per heavy atom. The van der Waals surface area contributed by atoms with Crippen molar-refractivity contribution in [3.05, 3.63) is 158 Å². The Kier molecular flexibility index (Phi) is 8.03. The molecule has 5 nitrogen and oxygen atoms in total. The van der Waals surface area contributed by atoms with Crippen LogP contribution in [-0.2, 0) is 9.31 Å². The second kappa shape index (κ2) is 12.9. The van der Waals surface area contributed by atoms with Gasteiger partial charge in [-0.3, -0.25) is 0 Å². The SMILES string of the molecule is CC1(C)OB(c2cc(-c3cccc(-c4cc5ccccc5c5ccccc45)c3)cc(-c3nc(-c4ccccc4)nc(-c4ccccc4)n3)c2)OC1(C)C. The van der Waals surface area contributed by atoms with E-state index in [0.717, 1.165) is 38.8 Å². The summed E-state index contributed by atoms with van der Waals surface area (Å²) in [5.74, 6) is 1.80. The van der Waals surface area contributed by atoms with Crippen molar-refractivity contribution in [1.82, 2.24) is 15.0 Å². The number of hydrogen-bond acceptors (Lipinski definition) is 5. The van der Waals surface area contributed by atoms with Crippen LogP contribution in [0.5, 0.6) is 0 Å². The van der Waals surface area contributed by atoms with Crippen LogP contribution in [0.25, 0.3) is 78.0 Å². The first-order chi connectivity index (χ1) is 25.7. The van der Waals surface area contributed by atoms with E-state index in [1.807, 2.05) is 60.7 Å². The molecule has 1 aromatic heterocycles. The molecule has 7 aromatic carbocycles. The van der Waals surface area contributed by atoms with Crippen molar-refractivity contribution in [1.29, 1.82) is 0 Å². The summed E-state index contributed by atoms with van der Waals surface area (Å²) in [6.45, 7) is 8.33. The smallest absolute Gasteiger partial charge is 0.399 e. The first kappa shape index (κ1) is 32.9. The molecule has 0 radical (unpaired) electrons. The molecule has 1 aliphatic heterocycles. The minimum atomic E-state index is -0.574. The van der Waals surface area contributed by atoms with Crippen LogP contribution in [0.4, 0.5) is 0 Å². The summed E-state index contributed by atoms with van der Waals surface area (Å²) >= 11 is 0. The minimum absolute atomic E-state index is 0.501. The van der Waals surface area contributed by atoms with Crippen LogP contribution >= 0.6 is 0 Å². The summed E-state index contributed by atoms with van der Waals surface area (Å²) in [6.07, 6.45) is 0. The van der Waals surface area contributed by atoms with Gasteiger partial charge in [-0.2, -0.15) is 0 Å². The molecule has 0 amide bonds. The molecule has 8 aromatic rings. The molecule has 0 spiro atoms. The molecule has 0 aliphatic carbocycles. The molecule has 0 bridgehead atoms. The van der Waals surface area contributed by atoms with Crippen molar-refractivity contribution in [2.45, 2.75) is 38.9 Å². The fraction of sp³-hybridized carbons (Fsp3) is 0.128. The van der Waals surface area contributed by atoms with Gasteiger partial charge in [-0.15, -0.1) is 0 Å². The zero-order valence-electron chi connectivity index (χ0n) is 30.2. The predicted octanol–water partition coefficient (Wildman–Crippen LogP) is 10.8. The third-order valence-electron chi connectivity index (χ3n) is 10.7. The first-order valence-electron chi connectivity index (χ1n) is 18.1. The summed E-state index contributed by atoms with van der Waals surface area (Å²) < 4.78 is 13.2. The van der Waals surface area contributed by atoms with Gasteiger partial charge in [0.05, 0.1) is 11.2 Å². The van der Waals surface area contributed by atoms with E-state index < -0.39 is 18.3 Å². The van der Waals surface area contributed by atoms with Crippen molar-refractivity contribution >= 4 is 34.1 Å². The Hall–Kier alpha value is -5.95. The highest BCUT2D eigenvalue weighted by atomic mass is 16.7.